The summed E-state index contributed by atoms with van der Waals surface area (Å²) >= 11 is 0. The van der Waals surface area contributed by atoms with Crippen LogP contribution in [-0.4, -0.2) is 72.0 Å². The minimum absolute atomic E-state index is 0.0105. The minimum atomic E-state index is -3.43. The van der Waals surface area contributed by atoms with Gasteiger partial charge in [0.2, 0.25) is 0 Å². The first-order valence-electron chi connectivity index (χ1n) is 17.3. The molecule has 1 aliphatic rings. The Morgan fingerprint density at radius 1 is 0.745 bits per heavy atom. The molecular formula is C37H74N3O6P. The van der Waals surface area contributed by atoms with Gasteiger partial charge in [0, 0.05) is 22.2 Å². The Morgan fingerprint density at radius 2 is 1.13 bits per heavy atom. The number of benzene rings is 1. The smallest absolute Gasteiger partial charge is 0.313 e. The number of nitrogens with zero attached hydrogens (tertiary/aromatic N) is 3. The zero-order chi connectivity index (χ0) is 37.4. The van der Waals surface area contributed by atoms with E-state index in [1.165, 1.54) is 16.5 Å². The third kappa shape index (κ3) is 14.1. The van der Waals surface area contributed by atoms with Crippen LogP contribution in [0.15, 0.2) is 30.3 Å². The lowest BCUT2D eigenvalue weighted by molar-refractivity contribution is -0.241. The van der Waals surface area contributed by atoms with Gasteiger partial charge >= 0.3 is 7.60 Å². The van der Waals surface area contributed by atoms with Gasteiger partial charge in [-0.15, -0.1) is 0 Å². The summed E-state index contributed by atoms with van der Waals surface area (Å²) in [6.45, 7) is 36.3. The Hall–Kier alpha value is -0.870. The third-order valence-corrected chi connectivity index (χ3v) is 11.0. The highest BCUT2D eigenvalue weighted by Gasteiger charge is 2.50. The predicted molar refractivity (Wildman–Crippen MR) is 195 cm³/mol. The van der Waals surface area contributed by atoms with Crippen LogP contribution >= 0.6 is 7.60 Å². The van der Waals surface area contributed by atoms with Crippen molar-refractivity contribution < 1.29 is 29.2 Å². The molecule has 1 aromatic carbocycles. The van der Waals surface area contributed by atoms with Crippen LogP contribution in [0.1, 0.15) is 155 Å². The van der Waals surface area contributed by atoms with E-state index >= 15 is 0 Å². The Balaban J connectivity index is 0.000000697. The average Bonchev–Trinajstić information content (AvgIpc) is 2.86. The zero-order valence-electron chi connectivity index (χ0n) is 33.4. The van der Waals surface area contributed by atoms with Crippen molar-refractivity contribution in [1.82, 2.24) is 15.2 Å². The highest BCUT2D eigenvalue weighted by atomic mass is 31.2. The van der Waals surface area contributed by atoms with E-state index < -0.39 is 24.3 Å². The SMILES string of the molecule is CC(C)(C)C(c1ccccc1)N(O)C(C)(C)C.CC1(C)CCCC(C)(C)N1O.CCOP(=O)(OCC)C(N(O)C(C)(C)C)C(C)(C)C. The van der Waals surface area contributed by atoms with Gasteiger partial charge in [0.25, 0.3) is 0 Å². The normalized spacial score (nSPS) is 19.0. The summed E-state index contributed by atoms with van der Waals surface area (Å²) in [6, 6.07) is 10.2. The van der Waals surface area contributed by atoms with E-state index in [2.05, 4.69) is 60.6 Å². The first-order chi connectivity index (χ1) is 20.9. The number of rotatable bonds is 8. The number of hydroxylamine groups is 6. The van der Waals surface area contributed by atoms with Gasteiger partial charge < -0.3 is 24.7 Å². The molecule has 0 spiro atoms. The van der Waals surface area contributed by atoms with E-state index in [1.54, 1.807) is 13.8 Å². The maximum absolute atomic E-state index is 13.0. The lowest BCUT2D eigenvalue weighted by atomic mass is 9.80. The molecule has 0 aliphatic carbocycles. The van der Waals surface area contributed by atoms with E-state index in [0.29, 0.717) is 0 Å². The van der Waals surface area contributed by atoms with Crippen molar-refractivity contribution >= 4 is 7.60 Å². The molecule has 1 aliphatic heterocycles. The van der Waals surface area contributed by atoms with Crippen molar-refractivity contribution in [2.45, 2.75) is 178 Å². The second kappa shape index (κ2) is 17.4. The maximum Gasteiger partial charge on any atom is 0.350 e. The molecule has 0 radical (unpaired) electrons. The van der Waals surface area contributed by atoms with Crippen molar-refractivity contribution in [3.05, 3.63) is 35.9 Å². The van der Waals surface area contributed by atoms with E-state index in [0.717, 1.165) is 23.5 Å². The fourth-order valence-electron chi connectivity index (χ4n) is 5.90. The van der Waals surface area contributed by atoms with Gasteiger partial charge in [-0.1, -0.05) is 71.9 Å². The average molecular weight is 688 g/mol. The number of hydrogen-bond acceptors (Lipinski definition) is 9. The highest BCUT2D eigenvalue weighted by Crippen LogP contribution is 2.60. The largest absolute Gasteiger partial charge is 0.350 e. The Bertz CT molecular complexity index is 1060. The second-order valence-corrected chi connectivity index (χ2v) is 20.2. The van der Waals surface area contributed by atoms with Gasteiger partial charge in [-0.2, -0.15) is 15.2 Å². The molecule has 10 heteroatoms. The van der Waals surface area contributed by atoms with E-state index in [9.17, 15) is 20.2 Å². The standard InChI is InChI=1S/C15H25NO.C13H30NO4P.C9H19NO/c1-14(2,3)13(16(17)15(4,5)6)12-10-8-7-9-11-12;1-9-17-19(16,18-10-2)11(12(3,4)5)14(15)13(6,7)8;1-8(2)6-5-7-9(3,4)10(8)11/h7-11,13,17H,1-6H3;11,15H,9-10H2,1-8H3;11H,5-7H2,1-4H3. The molecule has 0 amide bonds. The van der Waals surface area contributed by atoms with E-state index in [-0.39, 0.29) is 41.3 Å². The van der Waals surface area contributed by atoms with Crippen LogP contribution in [-0.2, 0) is 13.6 Å². The quantitative estimate of drug-likeness (QED) is 0.182. The summed E-state index contributed by atoms with van der Waals surface area (Å²) in [4.78, 5) is 0. The molecule has 1 saturated heterocycles. The van der Waals surface area contributed by atoms with Crippen LogP contribution in [0.2, 0.25) is 0 Å². The third-order valence-electron chi connectivity index (χ3n) is 8.20. The molecule has 47 heavy (non-hydrogen) atoms. The molecular weight excluding hydrogens is 613 g/mol. The monoisotopic (exact) mass is 688 g/mol. The van der Waals surface area contributed by atoms with Crippen LogP contribution in [0, 0.1) is 10.8 Å². The molecule has 0 bridgehead atoms. The van der Waals surface area contributed by atoms with Crippen molar-refractivity contribution in [1.29, 1.82) is 0 Å². The molecule has 0 saturated carbocycles. The van der Waals surface area contributed by atoms with Gasteiger partial charge in [-0.3, -0.25) is 4.57 Å². The Morgan fingerprint density at radius 3 is 1.40 bits per heavy atom. The van der Waals surface area contributed by atoms with Gasteiger partial charge in [-0.05, 0) is 119 Å². The van der Waals surface area contributed by atoms with Crippen molar-refractivity contribution in [3.8, 4) is 0 Å². The second-order valence-electron chi connectivity index (χ2n) is 18.1. The van der Waals surface area contributed by atoms with Crippen LogP contribution in [0.4, 0.5) is 0 Å². The number of piperidine rings is 1. The summed E-state index contributed by atoms with van der Waals surface area (Å²) in [6.07, 6.45) is 3.40. The summed E-state index contributed by atoms with van der Waals surface area (Å²) in [5.74, 6) is -0.722. The molecule has 3 N–H and O–H groups in total. The predicted octanol–water partition coefficient (Wildman–Crippen LogP) is 10.8. The first-order valence-corrected chi connectivity index (χ1v) is 18.9. The summed E-state index contributed by atoms with van der Waals surface area (Å²) in [5, 5.41) is 34.8. The van der Waals surface area contributed by atoms with E-state index in [4.69, 9.17) is 9.05 Å². The van der Waals surface area contributed by atoms with E-state index in [1.807, 2.05) is 80.5 Å². The Kier molecular flexibility index (Phi) is 17.0. The fraction of sp³-hybridized carbons (Fsp3) is 0.838. The van der Waals surface area contributed by atoms with Crippen LogP contribution in [0.3, 0.4) is 0 Å². The topological polar surface area (TPSA) is 106 Å². The maximum atomic E-state index is 13.0. The van der Waals surface area contributed by atoms with Gasteiger partial charge in [-0.25, -0.2) is 0 Å². The van der Waals surface area contributed by atoms with Crippen LogP contribution < -0.4 is 0 Å². The van der Waals surface area contributed by atoms with Crippen LogP contribution in [0.25, 0.3) is 0 Å². The Labute approximate surface area is 289 Å². The van der Waals surface area contributed by atoms with Crippen molar-refractivity contribution in [2.24, 2.45) is 10.8 Å². The molecule has 1 fully saturated rings. The van der Waals surface area contributed by atoms with Crippen LogP contribution in [0.5, 0.6) is 0 Å². The molecule has 9 nitrogen and oxygen atoms in total. The molecule has 1 heterocycles. The summed E-state index contributed by atoms with van der Waals surface area (Å²) in [7, 11) is -3.43. The van der Waals surface area contributed by atoms with Crippen molar-refractivity contribution in [2.75, 3.05) is 13.2 Å². The first kappa shape index (κ1) is 46.1. The summed E-state index contributed by atoms with van der Waals surface area (Å²) in [5.41, 5.74) is -0.234. The fourth-order valence-corrected chi connectivity index (χ4v) is 8.54. The summed E-state index contributed by atoms with van der Waals surface area (Å²) < 4.78 is 23.8. The minimum Gasteiger partial charge on any atom is -0.313 e. The number of hydrogen-bond donors (Lipinski definition) is 3. The van der Waals surface area contributed by atoms with Crippen molar-refractivity contribution in [3.63, 3.8) is 0 Å². The lowest BCUT2D eigenvalue weighted by Gasteiger charge is -2.48. The lowest BCUT2D eigenvalue weighted by Crippen LogP contribution is -2.56. The molecule has 0 aromatic heterocycles. The van der Waals surface area contributed by atoms with Gasteiger partial charge in [0.15, 0.2) is 0 Å². The highest BCUT2D eigenvalue weighted by molar-refractivity contribution is 7.54. The molecule has 2 atom stereocenters. The molecule has 2 unspecified atom stereocenters. The molecule has 2 rings (SSSR count). The van der Waals surface area contributed by atoms with Gasteiger partial charge in [0.1, 0.15) is 5.78 Å². The zero-order valence-corrected chi connectivity index (χ0v) is 34.3. The van der Waals surface area contributed by atoms with Gasteiger partial charge in [0.05, 0.1) is 19.3 Å². The molecule has 1 aromatic rings. The molecule has 278 valence electrons.